The van der Waals surface area contributed by atoms with Crippen molar-refractivity contribution in [3.05, 3.63) is 22.6 Å². The normalized spacial score (nSPS) is 29.6. The summed E-state index contributed by atoms with van der Waals surface area (Å²) in [7, 11) is 0. The van der Waals surface area contributed by atoms with Crippen molar-refractivity contribution in [2.75, 3.05) is 12.3 Å². The van der Waals surface area contributed by atoms with Crippen LogP contribution in [-0.2, 0) is 25.8 Å². The van der Waals surface area contributed by atoms with Gasteiger partial charge in [0.15, 0.2) is 11.9 Å². The van der Waals surface area contributed by atoms with E-state index in [1.54, 1.807) is 0 Å². The summed E-state index contributed by atoms with van der Waals surface area (Å²) in [6.07, 6.45) is -1.37. The number of fused-ring (bicyclic) bond motifs is 1. The van der Waals surface area contributed by atoms with Crippen LogP contribution in [0.5, 0.6) is 0 Å². The van der Waals surface area contributed by atoms with Crippen molar-refractivity contribution in [3.63, 3.8) is 0 Å². The van der Waals surface area contributed by atoms with Crippen LogP contribution in [-0.4, -0.2) is 59.2 Å². The van der Waals surface area contributed by atoms with Gasteiger partial charge in [0, 0.05) is 21.1 Å². The zero-order valence-corrected chi connectivity index (χ0v) is 15.4. The fourth-order valence-corrected chi connectivity index (χ4v) is 2.80. The average Bonchev–Trinajstić information content (AvgIpc) is 2.97. The van der Waals surface area contributed by atoms with Gasteiger partial charge in [-0.3, -0.25) is 14.7 Å². The number of nitrogen functional groups attached to an aromatic ring is 1. The third kappa shape index (κ3) is 2.58. The number of nitro groups is 1. The van der Waals surface area contributed by atoms with E-state index < -0.39 is 35.6 Å². The van der Waals surface area contributed by atoms with Gasteiger partial charge in [-0.25, -0.2) is 9.97 Å². The first-order valence-electron chi connectivity index (χ1n) is 6.71. The molecular formula is C12H15N5O6W. The minimum atomic E-state index is -1.80. The molecule has 0 amide bonds. The van der Waals surface area contributed by atoms with Crippen LogP contribution in [0.3, 0.4) is 0 Å². The quantitative estimate of drug-likeness (QED) is 0.297. The fourth-order valence-electron chi connectivity index (χ4n) is 2.80. The largest absolute Gasteiger partial charge is 0.394 e. The molecule has 0 aromatic carbocycles. The molecule has 1 aliphatic heterocycles. The number of aromatic nitrogens is 3. The summed E-state index contributed by atoms with van der Waals surface area (Å²) in [4.78, 5) is 18.3. The van der Waals surface area contributed by atoms with Crippen LogP contribution in [0.25, 0.3) is 11.0 Å². The van der Waals surface area contributed by atoms with Gasteiger partial charge in [-0.2, -0.15) is 0 Å². The zero-order valence-electron chi connectivity index (χ0n) is 12.4. The molecule has 0 saturated carbocycles. The van der Waals surface area contributed by atoms with Gasteiger partial charge >= 0.3 is 0 Å². The Bertz CT molecular complexity index is 781. The van der Waals surface area contributed by atoms with Crippen molar-refractivity contribution in [1.29, 1.82) is 0 Å². The van der Waals surface area contributed by atoms with Crippen molar-refractivity contribution in [2.45, 2.75) is 31.0 Å². The first kappa shape index (κ1) is 18.7. The van der Waals surface area contributed by atoms with E-state index in [4.69, 9.17) is 10.5 Å². The number of anilines is 1. The Balaban J connectivity index is 0.00000208. The van der Waals surface area contributed by atoms with E-state index in [1.165, 1.54) is 11.5 Å². The third-order valence-electron chi connectivity index (χ3n) is 4.00. The molecule has 12 heteroatoms. The predicted molar refractivity (Wildman–Crippen MR) is 76.2 cm³/mol. The Morgan fingerprint density at radius 2 is 2.21 bits per heavy atom. The topological polar surface area (TPSA) is 170 Å². The number of rotatable bonds is 3. The standard InChI is InChI=1S/C12H15N5O6.W/c1-12(20)8(19)6(3-18)23-11(12)16-2-5(17(21)22)7-9(13)14-4-15-10(7)16;/h2,4,6,8,11,18-20H,3H2,1H3,(H2,13,14,15);/t6?,8?,11-,12-;/m1./s1. The zero-order chi connectivity index (χ0) is 16.9. The Hall–Kier alpha value is -1.65. The molecule has 24 heavy (non-hydrogen) atoms. The second-order valence-corrected chi connectivity index (χ2v) is 5.52. The van der Waals surface area contributed by atoms with E-state index in [0.717, 1.165) is 12.5 Å². The molecule has 2 aromatic heterocycles. The van der Waals surface area contributed by atoms with E-state index in [9.17, 15) is 25.4 Å². The van der Waals surface area contributed by atoms with Crippen LogP contribution >= 0.6 is 0 Å². The van der Waals surface area contributed by atoms with Gasteiger partial charge in [-0.1, -0.05) is 0 Å². The van der Waals surface area contributed by atoms with Gasteiger partial charge in [0.25, 0.3) is 5.69 Å². The van der Waals surface area contributed by atoms with Crippen molar-refractivity contribution in [1.82, 2.24) is 14.5 Å². The van der Waals surface area contributed by atoms with E-state index >= 15 is 0 Å². The van der Waals surface area contributed by atoms with Gasteiger partial charge in [-0.05, 0) is 6.92 Å². The predicted octanol–water partition coefficient (Wildman–Crippen LogP) is -1.08. The van der Waals surface area contributed by atoms with Crippen molar-refractivity contribution in [2.24, 2.45) is 0 Å². The molecule has 0 bridgehead atoms. The minimum absolute atomic E-state index is 0. The second-order valence-electron chi connectivity index (χ2n) is 5.52. The number of nitrogens with zero attached hydrogens (tertiary/aromatic N) is 4. The van der Waals surface area contributed by atoms with E-state index in [0.29, 0.717) is 0 Å². The number of ether oxygens (including phenoxy) is 1. The van der Waals surface area contributed by atoms with Gasteiger partial charge in [-0.15, -0.1) is 0 Å². The Kier molecular flexibility index (Phi) is 4.93. The number of aliphatic hydroxyl groups excluding tert-OH is 2. The van der Waals surface area contributed by atoms with Crippen molar-refractivity contribution < 1.29 is 46.0 Å². The minimum Gasteiger partial charge on any atom is -0.394 e. The van der Waals surface area contributed by atoms with Crippen LogP contribution in [0.1, 0.15) is 13.2 Å². The summed E-state index contributed by atoms with van der Waals surface area (Å²) in [5.74, 6) is -0.0858. The van der Waals surface area contributed by atoms with Crippen LogP contribution in [0, 0.1) is 10.1 Å². The molecule has 5 N–H and O–H groups in total. The molecule has 1 fully saturated rings. The van der Waals surface area contributed by atoms with Crippen LogP contribution < -0.4 is 5.73 Å². The Morgan fingerprint density at radius 1 is 1.54 bits per heavy atom. The summed E-state index contributed by atoms with van der Waals surface area (Å²) in [5.41, 5.74) is 3.63. The molecule has 0 aliphatic carbocycles. The van der Waals surface area contributed by atoms with Gasteiger partial charge < -0.3 is 25.8 Å². The smallest absolute Gasteiger partial charge is 0.300 e. The summed E-state index contributed by atoms with van der Waals surface area (Å²) < 4.78 is 6.67. The summed E-state index contributed by atoms with van der Waals surface area (Å²) in [5, 5.41) is 41.0. The summed E-state index contributed by atoms with van der Waals surface area (Å²) >= 11 is 0. The fraction of sp³-hybridized carbons (Fsp3) is 0.500. The molecule has 130 valence electrons. The van der Waals surface area contributed by atoms with Gasteiger partial charge in [0.2, 0.25) is 0 Å². The molecule has 4 atom stereocenters. The van der Waals surface area contributed by atoms with Crippen molar-refractivity contribution in [3.8, 4) is 0 Å². The van der Waals surface area contributed by atoms with E-state index in [2.05, 4.69) is 9.97 Å². The maximum atomic E-state index is 11.2. The SMILES string of the molecule is C[C@@]1(O)C(O)C(CO)O[C@H]1n1cc([N+](=O)[O-])c2c(N)ncnc21.[W]. The third-order valence-corrected chi connectivity index (χ3v) is 4.00. The number of hydrogen-bond donors (Lipinski definition) is 4. The average molecular weight is 509 g/mol. The molecule has 3 rings (SSSR count). The number of hydrogen-bond acceptors (Lipinski definition) is 9. The van der Waals surface area contributed by atoms with Crippen LogP contribution in [0.4, 0.5) is 11.5 Å². The number of aliphatic hydroxyl groups is 3. The molecule has 1 aliphatic rings. The molecule has 11 nitrogen and oxygen atoms in total. The number of nitrogens with two attached hydrogens (primary N) is 1. The first-order valence-corrected chi connectivity index (χ1v) is 6.71. The molecule has 3 heterocycles. The Morgan fingerprint density at radius 3 is 2.75 bits per heavy atom. The first-order chi connectivity index (χ1) is 10.8. The summed E-state index contributed by atoms with van der Waals surface area (Å²) in [6, 6.07) is 0. The molecule has 2 aromatic rings. The monoisotopic (exact) mass is 509 g/mol. The van der Waals surface area contributed by atoms with Crippen LogP contribution in [0.15, 0.2) is 12.5 Å². The maximum absolute atomic E-state index is 11.2. The van der Waals surface area contributed by atoms with Crippen molar-refractivity contribution >= 4 is 22.5 Å². The molecule has 0 spiro atoms. The van der Waals surface area contributed by atoms with Crippen LogP contribution in [0.2, 0.25) is 0 Å². The maximum Gasteiger partial charge on any atom is 0.300 e. The molecule has 2 unspecified atom stereocenters. The summed E-state index contributed by atoms with van der Waals surface area (Å²) in [6.45, 7) is 0.784. The van der Waals surface area contributed by atoms with E-state index in [-0.39, 0.29) is 43.6 Å². The van der Waals surface area contributed by atoms with Gasteiger partial charge in [0.05, 0.1) is 17.7 Å². The molecular weight excluding hydrogens is 494 g/mol. The Labute approximate surface area is 149 Å². The molecule has 1 saturated heterocycles. The van der Waals surface area contributed by atoms with Gasteiger partial charge in [0.1, 0.15) is 35.3 Å². The van der Waals surface area contributed by atoms with E-state index in [1.807, 2.05) is 0 Å². The second kappa shape index (κ2) is 6.34. The molecule has 0 radical (unpaired) electrons.